The van der Waals surface area contributed by atoms with Crippen molar-refractivity contribution in [3.63, 3.8) is 0 Å². The molecule has 0 saturated heterocycles. The summed E-state index contributed by atoms with van der Waals surface area (Å²) in [5.41, 5.74) is 0.642. The zero-order valence-electron chi connectivity index (χ0n) is 10.2. The highest BCUT2D eigenvalue weighted by molar-refractivity contribution is 6.35. The van der Waals surface area contributed by atoms with Crippen molar-refractivity contribution in [1.82, 2.24) is 4.98 Å². The molecule has 0 aliphatic heterocycles. The molecule has 1 heterocycles. The van der Waals surface area contributed by atoms with Gasteiger partial charge in [0.1, 0.15) is 5.56 Å². The monoisotopic (exact) mass is 314 g/mol. The van der Waals surface area contributed by atoms with Gasteiger partial charge in [0.05, 0.1) is 10.7 Å². The van der Waals surface area contributed by atoms with E-state index in [1.54, 1.807) is 13.0 Å². The van der Waals surface area contributed by atoms with E-state index in [1.807, 2.05) is 0 Å². The van der Waals surface area contributed by atoms with Gasteiger partial charge in [0, 0.05) is 11.2 Å². The second kappa shape index (κ2) is 5.64. The standard InChI is InChI=1S/C13H9Cl2FN2O2/c1-6-4-9(15)10(5-8(6)14)18-12-11(16)7(13(19)20)2-3-17-12/h2-5H,1H3,(H,17,18)(H,19,20). The Morgan fingerprint density at radius 2 is 2.05 bits per heavy atom. The average Bonchev–Trinajstić information content (AvgIpc) is 2.37. The van der Waals surface area contributed by atoms with Gasteiger partial charge in [-0.05, 0) is 30.7 Å². The number of benzene rings is 1. The molecular formula is C13H9Cl2FN2O2. The van der Waals surface area contributed by atoms with Gasteiger partial charge in [-0.15, -0.1) is 0 Å². The molecule has 0 atom stereocenters. The van der Waals surface area contributed by atoms with Crippen LogP contribution in [0.5, 0.6) is 0 Å². The zero-order valence-corrected chi connectivity index (χ0v) is 11.8. The van der Waals surface area contributed by atoms with E-state index < -0.39 is 17.3 Å². The molecule has 4 nitrogen and oxygen atoms in total. The van der Waals surface area contributed by atoms with Crippen LogP contribution in [0.4, 0.5) is 15.9 Å². The molecule has 0 bridgehead atoms. The van der Waals surface area contributed by atoms with Crippen molar-refractivity contribution in [2.45, 2.75) is 6.92 Å². The Morgan fingerprint density at radius 3 is 2.70 bits per heavy atom. The lowest BCUT2D eigenvalue weighted by molar-refractivity contribution is 0.0692. The largest absolute Gasteiger partial charge is 0.478 e. The molecule has 0 radical (unpaired) electrons. The molecule has 0 amide bonds. The third kappa shape index (κ3) is 2.84. The Balaban J connectivity index is 2.43. The van der Waals surface area contributed by atoms with Gasteiger partial charge in [-0.3, -0.25) is 0 Å². The maximum atomic E-state index is 13.9. The Labute approximate surface area is 124 Å². The number of rotatable bonds is 3. The van der Waals surface area contributed by atoms with E-state index in [4.69, 9.17) is 28.3 Å². The summed E-state index contributed by atoms with van der Waals surface area (Å²) < 4.78 is 13.9. The quantitative estimate of drug-likeness (QED) is 0.887. The molecule has 20 heavy (non-hydrogen) atoms. The Hall–Kier alpha value is -1.85. The number of aromatic nitrogens is 1. The number of pyridine rings is 1. The molecule has 1 aromatic heterocycles. The number of carboxylic acids is 1. The lowest BCUT2D eigenvalue weighted by Crippen LogP contribution is -2.05. The van der Waals surface area contributed by atoms with Crippen molar-refractivity contribution in [2.24, 2.45) is 0 Å². The SMILES string of the molecule is Cc1cc(Cl)c(Nc2nccc(C(=O)O)c2F)cc1Cl. The van der Waals surface area contributed by atoms with E-state index in [0.29, 0.717) is 15.7 Å². The maximum absolute atomic E-state index is 13.9. The van der Waals surface area contributed by atoms with Crippen molar-refractivity contribution in [2.75, 3.05) is 5.32 Å². The van der Waals surface area contributed by atoms with Gasteiger partial charge in [-0.1, -0.05) is 23.2 Å². The first kappa shape index (κ1) is 14.6. The summed E-state index contributed by atoms with van der Waals surface area (Å²) >= 11 is 12.0. The van der Waals surface area contributed by atoms with E-state index in [-0.39, 0.29) is 5.82 Å². The van der Waals surface area contributed by atoms with Crippen LogP contribution in [0.2, 0.25) is 10.0 Å². The number of nitrogens with one attached hydrogen (secondary N) is 1. The fourth-order valence-corrected chi connectivity index (χ4v) is 1.99. The van der Waals surface area contributed by atoms with Gasteiger partial charge >= 0.3 is 5.97 Å². The van der Waals surface area contributed by atoms with E-state index in [0.717, 1.165) is 11.6 Å². The van der Waals surface area contributed by atoms with E-state index in [2.05, 4.69) is 10.3 Å². The highest BCUT2D eigenvalue weighted by atomic mass is 35.5. The normalized spacial score (nSPS) is 10.4. The minimum Gasteiger partial charge on any atom is -0.478 e. The Bertz CT molecular complexity index is 692. The number of carboxylic acid groups (broad SMARTS) is 1. The smallest absolute Gasteiger partial charge is 0.338 e. The minimum atomic E-state index is -1.37. The van der Waals surface area contributed by atoms with Gasteiger partial charge in [0.2, 0.25) is 0 Å². The number of anilines is 2. The molecule has 0 spiro atoms. The number of hydrogen-bond acceptors (Lipinski definition) is 3. The van der Waals surface area contributed by atoms with Crippen LogP contribution in [-0.4, -0.2) is 16.1 Å². The topological polar surface area (TPSA) is 62.2 Å². The van der Waals surface area contributed by atoms with Gasteiger partial charge in [-0.2, -0.15) is 0 Å². The second-order valence-corrected chi connectivity index (χ2v) is 4.85. The number of hydrogen-bond donors (Lipinski definition) is 2. The summed E-state index contributed by atoms with van der Waals surface area (Å²) in [6.45, 7) is 1.78. The molecule has 0 aliphatic rings. The van der Waals surface area contributed by atoms with Gasteiger partial charge < -0.3 is 10.4 Å². The summed E-state index contributed by atoms with van der Waals surface area (Å²) in [6, 6.07) is 4.21. The van der Waals surface area contributed by atoms with Gasteiger partial charge in [-0.25, -0.2) is 14.2 Å². The summed E-state index contributed by atoms with van der Waals surface area (Å²) in [4.78, 5) is 14.6. The predicted octanol–water partition coefficient (Wildman–Crippen LogP) is 4.28. The Kier molecular flexibility index (Phi) is 4.11. The minimum absolute atomic E-state index is 0.230. The number of nitrogens with zero attached hydrogens (tertiary/aromatic N) is 1. The molecule has 104 valence electrons. The summed E-state index contributed by atoms with van der Waals surface area (Å²) in [5.74, 6) is -2.57. The van der Waals surface area contributed by atoms with Crippen molar-refractivity contribution in [1.29, 1.82) is 0 Å². The summed E-state index contributed by atoms with van der Waals surface area (Å²) in [7, 11) is 0. The highest BCUT2D eigenvalue weighted by Crippen LogP contribution is 2.31. The molecule has 2 N–H and O–H groups in total. The van der Waals surface area contributed by atoms with Crippen molar-refractivity contribution in [3.05, 3.63) is 51.4 Å². The first-order valence-corrected chi connectivity index (χ1v) is 6.26. The third-order valence-electron chi connectivity index (χ3n) is 2.62. The second-order valence-electron chi connectivity index (χ2n) is 4.03. The molecule has 2 aromatic rings. The van der Waals surface area contributed by atoms with Crippen molar-refractivity contribution < 1.29 is 14.3 Å². The van der Waals surface area contributed by atoms with Crippen LogP contribution in [0.3, 0.4) is 0 Å². The first-order chi connectivity index (χ1) is 9.40. The van der Waals surface area contributed by atoms with E-state index >= 15 is 0 Å². The molecule has 2 rings (SSSR count). The fraction of sp³-hybridized carbons (Fsp3) is 0.0769. The number of aryl methyl sites for hydroxylation is 1. The molecule has 7 heteroatoms. The molecule has 0 unspecified atom stereocenters. The van der Waals surface area contributed by atoms with Crippen LogP contribution in [0.15, 0.2) is 24.4 Å². The van der Waals surface area contributed by atoms with Crippen LogP contribution in [0.25, 0.3) is 0 Å². The predicted molar refractivity (Wildman–Crippen MR) is 75.6 cm³/mol. The van der Waals surface area contributed by atoms with Crippen LogP contribution >= 0.6 is 23.2 Å². The number of aromatic carboxylic acids is 1. The lowest BCUT2D eigenvalue weighted by Gasteiger charge is -2.11. The number of carbonyl (C=O) groups is 1. The van der Waals surface area contributed by atoms with E-state index in [1.165, 1.54) is 12.3 Å². The van der Waals surface area contributed by atoms with Crippen LogP contribution < -0.4 is 5.32 Å². The molecule has 1 aromatic carbocycles. The van der Waals surface area contributed by atoms with Crippen LogP contribution in [0, 0.1) is 12.7 Å². The lowest BCUT2D eigenvalue weighted by atomic mass is 10.2. The molecule has 0 saturated carbocycles. The molecule has 0 fully saturated rings. The Morgan fingerprint density at radius 1 is 1.35 bits per heavy atom. The van der Waals surface area contributed by atoms with Crippen molar-refractivity contribution >= 4 is 40.7 Å². The average molecular weight is 315 g/mol. The summed E-state index contributed by atoms with van der Waals surface area (Å²) in [6.07, 6.45) is 1.19. The number of halogens is 3. The molecule has 0 aliphatic carbocycles. The van der Waals surface area contributed by atoms with E-state index in [9.17, 15) is 9.18 Å². The molecular weight excluding hydrogens is 306 g/mol. The maximum Gasteiger partial charge on any atom is 0.338 e. The fourth-order valence-electron chi connectivity index (χ4n) is 1.57. The van der Waals surface area contributed by atoms with Crippen molar-refractivity contribution in [3.8, 4) is 0 Å². The first-order valence-electron chi connectivity index (χ1n) is 5.50. The zero-order chi connectivity index (χ0) is 14.9. The third-order valence-corrected chi connectivity index (χ3v) is 3.34. The summed E-state index contributed by atoms with van der Waals surface area (Å²) in [5, 5.41) is 12.3. The van der Waals surface area contributed by atoms with Crippen LogP contribution in [-0.2, 0) is 0 Å². The van der Waals surface area contributed by atoms with Gasteiger partial charge in [0.25, 0.3) is 0 Å². The van der Waals surface area contributed by atoms with Crippen LogP contribution in [0.1, 0.15) is 15.9 Å². The van der Waals surface area contributed by atoms with Gasteiger partial charge in [0.15, 0.2) is 11.6 Å². The highest BCUT2D eigenvalue weighted by Gasteiger charge is 2.16.